The van der Waals surface area contributed by atoms with Gasteiger partial charge < -0.3 is 23.9 Å². The molecule has 0 saturated heterocycles. The molecule has 40 heavy (non-hydrogen) atoms. The lowest BCUT2D eigenvalue weighted by molar-refractivity contribution is 0.0478. The Morgan fingerprint density at radius 2 is 1.75 bits per heavy atom. The summed E-state index contributed by atoms with van der Waals surface area (Å²) in [4.78, 5) is 27.1. The summed E-state index contributed by atoms with van der Waals surface area (Å²) in [5, 5.41) is 3.57. The smallest absolute Gasteiger partial charge is 0.379 e. The summed E-state index contributed by atoms with van der Waals surface area (Å²) in [7, 11) is 1.56. The molecule has 0 unspecified atom stereocenters. The molecule has 0 radical (unpaired) electrons. The molecule has 7 nitrogen and oxygen atoms in total. The highest BCUT2D eigenvalue weighted by Crippen LogP contribution is 2.43. The lowest BCUT2D eigenvalue weighted by atomic mass is 9.85. The first-order valence-electron chi connectivity index (χ1n) is 12.9. The number of fused-ring (bicyclic) bond motifs is 1. The van der Waals surface area contributed by atoms with Gasteiger partial charge in [-0.2, -0.15) is 0 Å². The van der Waals surface area contributed by atoms with Gasteiger partial charge in [0.05, 0.1) is 18.9 Å². The fraction of sp³-hybridized carbons (Fsp3) is 0.250. The van der Waals surface area contributed by atoms with Crippen LogP contribution in [-0.4, -0.2) is 24.6 Å². The van der Waals surface area contributed by atoms with Crippen LogP contribution < -0.4 is 14.8 Å². The zero-order valence-corrected chi connectivity index (χ0v) is 24.2. The van der Waals surface area contributed by atoms with Crippen molar-refractivity contribution in [3.8, 4) is 22.6 Å². The van der Waals surface area contributed by atoms with Gasteiger partial charge in [-0.3, -0.25) is 0 Å². The zero-order valence-electron chi connectivity index (χ0n) is 23.3. The Labute approximate surface area is 237 Å². The van der Waals surface area contributed by atoms with E-state index in [2.05, 4.69) is 32.2 Å². The van der Waals surface area contributed by atoms with Crippen LogP contribution in [0, 0.1) is 13.8 Å². The number of carbonyl (C=O) groups excluding carboxylic acids is 2. The van der Waals surface area contributed by atoms with E-state index in [0.29, 0.717) is 21.9 Å². The number of benzene rings is 2. The van der Waals surface area contributed by atoms with Crippen LogP contribution in [0.1, 0.15) is 62.6 Å². The van der Waals surface area contributed by atoms with Gasteiger partial charge in [-0.25, -0.2) is 9.59 Å². The number of rotatable bonds is 7. The number of aryl methyl sites for hydroxylation is 2. The second kappa shape index (κ2) is 10.7. The van der Waals surface area contributed by atoms with E-state index in [4.69, 9.17) is 18.6 Å². The quantitative estimate of drug-likeness (QED) is 0.183. The maximum absolute atomic E-state index is 12.9. The van der Waals surface area contributed by atoms with Crippen molar-refractivity contribution in [3.63, 3.8) is 0 Å². The number of furan rings is 1. The first kappa shape index (κ1) is 27.3. The highest BCUT2D eigenvalue weighted by atomic mass is 32.1. The molecule has 2 aromatic carbocycles. The van der Waals surface area contributed by atoms with Crippen LogP contribution in [0.15, 0.2) is 65.3 Å². The summed E-state index contributed by atoms with van der Waals surface area (Å²) in [6.07, 6.45) is 3.62. The monoisotopic (exact) mass is 557 g/mol. The Hall–Kier alpha value is -4.30. The Morgan fingerprint density at radius 3 is 2.42 bits per heavy atom. The van der Waals surface area contributed by atoms with E-state index in [9.17, 15) is 9.59 Å². The van der Waals surface area contributed by atoms with Crippen molar-refractivity contribution in [3.05, 3.63) is 93.1 Å². The topological polar surface area (TPSA) is 87.0 Å². The molecule has 1 aliphatic heterocycles. The van der Waals surface area contributed by atoms with Gasteiger partial charge in [-0.1, -0.05) is 12.1 Å². The van der Waals surface area contributed by atoms with Gasteiger partial charge in [0.15, 0.2) is 0 Å². The molecule has 0 bridgehead atoms. The second-order valence-electron chi connectivity index (χ2n) is 10.4. The van der Waals surface area contributed by atoms with E-state index in [-0.39, 0.29) is 23.9 Å². The Bertz CT molecular complexity index is 1640. The predicted octanol–water partition coefficient (Wildman–Crippen LogP) is 7.82. The van der Waals surface area contributed by atoms with Crippen LogP contribution in [0.2, 0.25) is 0 Å². The number of anilines is 1. The normalized spacial score (nSPS) is 13.6. The molecule has 206 valence electrons. The maximum Gasteiger partial charge on any atom is 0.379 e. The molecule has 0 aliphatic carbocycles. The average Bonchev–Trinajstić information content (AvgIpc) is 3.54. The van der Waals surface area contributed by atoms with Crippen LogP contribution in [-0.2, 0) is 11.3 Å². The van der Waals surface area contributed by atoms with Crippen molar-refractivity contribution in [1.82, 2.24) is 0 Å². The summed E-state index contributed by atoms with van der Waals surface area (Å²) < 4.78 is 22.4. The number of methoxy groups -OCH3 is 1. The minimum atomic E-state index is -0.586. The number of ether oxygens (including phenoxy) is 3. The van der Waals surface area contributed by atoms with Gasteiger partial charge in [0.1, 0.15) is 23.0 Å². The Morgan fingerprint density at radius 1 is 0.975 bits per heavy atom. The minimum absolute atomic E-state index is 0.0687. The van der Waals surface area contributed by atoms with Crippen LogP contribution >= 0.6 is 11.3 Å². The van der Waals surface area contributed by atoms with E-state index in [1.165, 1.54) is 17.6 Å². The number of esters is 2. The highest BCUT2D eigenvalue weighted by molar-refractivity contribution is 7.13. The average molecular weight is 558 g/mol. The number of allylic oxidation sites excluding steroid dienone is 1. The molecule has 4 aromatic rings. The number of hydrogen-bond donors (Lipinski definition) is 1. The van der Waals surface area contributed by atoms with E-state index in [1.54, 1.807) is 38.3 Å². The zero-order chi connectivity index (χ0) is 28.6. The van der Waals surface area contributed by atoms with Gasteiger partial charge in [0, 0.05) is 38.9 Å². The van der Waals surface area contributed by atoms with Crippen molar-refractivity contribution in [1.29, 1.82) is 0 Å². The first-order chi connectivity index (χ1) is 19.1. The van der Waals surface area contributed by atoms with Crippen molar-refractivity contribution in [2.75, 3.05) is 12.4 Å². The van der Waals surface area contributed by atoms with Crippen molar-refractivity contribution in [2.24, 2.45) is 0 Å². The van der Waals surface area contributed by atoms with Crippen molar-refractivity contribution >= 4 is 34.5 Å². The van der Waals surface area contributed by atoms with Crippen LogP contribution in [0.4, 0.5) is 5.69 Å². The Kier molecular flexibility index (Phi) is 7.29. The molecular weight excluding hydrogens is 526 g/mol. The predicted molar refractivity (Wildman–Crippen MR) is 156 cm³/mol. The molecule has 1 aliphatic rings. The molecule has 0 spiro atoms. The maximum atomic E-state index is 12.9. The third-order valence-electron chi connectivity index (χ3n) is 6.75. The van der Waals surface area contributed by atoms with Crippen LogP contribution in [0.25, 0.3) is 16.7 Å². The van der Waals surface area contributed by atoms with Crippen LogP contribution in [0.5, 0.6) is 11.5 Å². The highest BCUT2D eigenvalue weighted by Gasteiger charge is 2.28. The minimum Gasteiger partial charge on any atom is -0.496 e. The second-order valence-corrected chi connectivity index (χ2v) is 11.6. The molecule has 1 N–H and O–H groups in total. The number of hydrogen-bond acceptors (Lipinski definition) is 8. The SMILES string of the molecule is COc1cc(OC(=O)c2occc2C)ccc1-c1ccc2c(c1COC(=O)c1ccc(C)s1)C(C)=CC(C)(C)N2. The third-order valence-corrected chi connectivity index (χ3v) is 7.73. The largest absolute Gasteiger partial charge is 0.496 e. The molecule has 0 saturated carbocycles. The van der Waals surface area contributed by atoms with Crippen molar-refractivity contribution < 1.29 is 28.2 Å². The fourth-order valence-electron chi connectivity index (χ4n) is 5.05. The van der Waals surface area contributed by atoms with E-state index in [1.807, 2.05) is 31.2 Å². The van der Waals surface area contributed by atoms with E-state index < -0.39 is 5.97 Å². The molecule has 8 heteroatoms. The summed E-state index contributed by atoms with van der Waals surface area (Å²) in [6, 6.07) is 14.6. The molecular formula is C32H31NO6S. The molecule has 0 atom stereocenters. The van der Waals surface area contributed by atoms with Crippen molar-refractivity contribution in [2.45, 2.75) is 46.8 Å². The number of carbonyl (C=O) groups is 2. The summed E-state index contributed by atoms with van der Waals surface area (Å²) >= 11 is 1.41. The van der Waals surface area contributed by atoms with Gasteiger partial charge >= 0.3 is 11.9 Å². The Balaban J connectivity index is 1.54. The fourth-order valence-corrected chi connectivity index (χ4v) is 5.81. The molecule has 0 amide bonds. The number of nitrogens with one attached hydrogen (secondary N) is 1. The molecule has 2 aromatic heterocycles. The van der Waals surface area contributed by atoms with Gasteiger partial charge in [0.25, 0.3) is 0 Å². The van der Waals surface area contributed by atoms with E-state index >= 15 is 0 Å². The van der Waals surface area contributed by atoms with E-state index in [0.717, 1.165) is 38.4 Å². The summed E-state index contributed by atoms with van der Waals surface area (Å²) in [5.74, 6) is 0.0285. The summed E-state index contributed by atoms with van der Waals surface area (Å²) in [5.41, 5.74) is 5.97. The lowest BCUT2D eigenvalue weighted by Gasteiger charge is -2.33. The number of thiophene rings is 1. The van der Waals surface area contributed by atoms with Gasteiger partial charge in [-0.15, -0.1) is 11.3 Å². The van der Waals surface area contributed by atoms with Gasteiger partial charge in [0.2, 0.25) is 5.76 Å². The van der Waals surface area contributed by atoms with Gasteiger partial charge in [-0.05, 0) is 82.2 Å². The lowest BCUT2D eigenvalue weighted by Crippen LogP contribution is -2.32. The molecule has 3 heterocycles. The molecule has 0 fully saturated rings. The van der Waals surface area contributed by atoms with Crippen LogP contribution in [0.3, 0.4) is 0 Å². The molecule has 5 rings (SSSR count). The summed E-state index contributed by atoms with van der Waals surface area (Å²) in [6.45, 7) is 10.1. The third kappa shape index (κ3) is 5.40. The standard InChI is InChI=1S/C32H31NO6S/c1-18-13-14-37-29(18)31(35)39-21-8-9-23(26(15-21)36-6)22-10-11-25-28(19(2)16-32(4,5)33-25)24(22)17-38-30(34)27-12-7-20(3)40-27/h7-16,33H,17H2,1-6H3. The first-order valence-corrected chi connectivity index (χ1v) is 13.7.